The fourth-order valence-electron chi connectivity index (χ4n) is 4.58. The standard InChI is InChI=1S/C23H28N4O4/c1-23(22(30)25-17-10-6-7-11-17)14-26-15-24-18(21(29)31-2)19(26)20(28)27(23)13-12-16-8-4-3-5-9-16/h3-5,8-9,15,17H,6-7,10-14H2,1-2H3,(H,25,30)/t23-/m1/s1. The van der Waals surface area contributed by atoms with Crippen molar-refractivity contribution in [3.8, 4) is 0 Å². The SMILES string of the molecule is COC(=O)c1ncn2c1C(=O)N(CCc1ccccc1)[C@@](C)(C(=O)NC1CCCC1)C2. The molecule has 1 aromatic heterocycles. The maximum Gasteiger partial charge on any atom is 0.359 e. The summed E-state index contributed by atoms with van der Waals surface area (Å²) >= 11 is 0. The molecule has 1 fully saturated rings. The number of amides is 2. The third-order valence-corrected chi connectivity index (χ3v) is 6.38. The first-order valence-electron chi connectivity index (χ1n) is 10.7. The Morgan fingerprint density at radius 3 is 2.61 bits per heavy atom. The lowest BCUT2D eigenvalue weighted by atomic mass is 9.93. The van der Waals surface area contributed by atoms with Gasteiger partial charge in [0.2, 0.25) is 5.91 Å². The Bertz CT molecular complexity index is 981. The lowest BCUT2D eigenvalue weighted by molar-refractivity contribution is -0.133. The predicted molar refractivity (Wildman–Crippen MR) is 114 cm³/mol. The summed E-state index contributed by atoms with van der Waals surface area (Å²) < 4.78 is 6.40. The van der Waals surface area contributed by atoms with Gasteiger partial charge in [-0.3, -0.25) is 9.59 Å². The van der Waals surface area contributed by atoms with Crippen molar-refractivity contribution in [1.82, 2.24) is 19.8 Å². The second kappa shape index (κ2) is 8.53. The van der Waals surface area contributed by atoms with Gasteiger partial charge in [0.15, 0.2) is 5.69 Å². The monoisotopic (exact) mass is 424 g/mol. The molecule has 164 valence electrons. The van der Waals surface area contributed by atoms with Crippen LogP contribution in [0.5, 0.6) is 0 Å². The van der Waals surface area contributed by atoms with Gasteiger partial charge in [0.25, 0.3) is 5.91 Å². The molecule has 0 spiro atoms. The molecule has 2 amide bonds. The molecule has 4 rings (SSSR count). The number of carbonyl (C=O) groups is 3. The van der Waals surface area contributed by atoms with Crippen LogP contribution in [0.2, 0.25) is 0 Å². The molecule has 0 saturated heterocycles. The van der Waals surface area contributed by atoms with Crippen molar-refractivity contribution in [2.24, 2.45) is 0 Å². The summed E-state index contributed by atoms with van der Waals surface area (Å²) in [6.45, 7) is 2.37. The van der Waals surface area contributed by atoms with Crippen LogP contribution in [0, 0.1) is 0 Å². The van der Waals surface area contributed by atoms with E-state index in [2.05, 4.69) is 10.3 Å². The number of imidazole rings is 1. The maximum atomic E-state index is 13.6. The molecule has 0 unspecified atom stereocenters. The smallest absolute Gasteiger partial charge is 0.359 e. The second-order valence-electron chi connectivity index (χ2n) is 8.48. The molecule has 8 heteroatoms. The molecule has 1 aromatic carbocycles. The number of nitrogens with zero attached hydrogens (tertiary/aromatic N) is 3. The highest BCUT2D eigenvalue weighted by Gasteiger charge is 2.49. The minimum Gasteiger partial charge on any atom is -0.464 e. The Labute approximate surface area is 181 Å². The number of hydrogen-bond donors (Lipinski definition) is 1. The van der Waals surface area contributed by atoms with Gasteiger partial charge in [-0.05, 0) is 31.7 Å². The number of hydrogen-bond acceptors (Lipinski definition) is 5. The van der Waals surface area contributed by atoms with Crippen LogP contribution in [0.15, 0.2) is 36.7 Å². The Morgan fingerprint density at radius 2 is 1.94 bits per heavy atom. The van der Waals surface area contributed by atoms with E-state index in [1.54, 1.807) is 16.4 Å². The number of rotatable bonds is 6. The second-order valence-corrected chi connectivity index (χ2v) is 8.48. The Hall–Kier alpha value is -3.16. The first-order chi connectivity index (χ1) is 14.9. The molecule has 1 N–H and O–H groups in total. The van der Waals surface area contributed by atoms with Crippen LogP contribution in [0.4, 0.5) is 0 Å². The average Bonchev–Trinajstić information content (AvgIpc) is 3.43. The van der Waals surface area contributed by atoms with Crippen LogP contribution >= 0.6 is 0 Å². The molecule has 1 aliphatic carbocycles. The lowest BCUT2D eigenvalue weighted by Gasteiger charge is -2.44. The van der Waals surface area contributed by atoms with E-state index < -0.39 is 11.5 Å². The predicted octanol–water partition coefficient (Wildman–Crippen LogP) is 2.19. The highest BCUT2D eigenvalue weighted by atomic mass is 16.5. The Balaban J connectivity index is 1.66. The zero-order valence-corrected chi connectivity index (χ0v) is 18.0. The van der Waals surface area contributed by atoms with Crippen LogP contribution in [0.1, 0.15) is 59.1 Å². The molecular weight excluding hydrogens is 396 g/mol. The van der Waals surface area contributed by atoms with Crippen molar-refractivity contribution in [1.29, 1.82) is 0 Å². The number of fused-ring (bicyclic) bond motifs is 1. The van der Waals surface area contributed by atoms with Crippen LogP contribution in [0.3, 0.4) is 0 Å². The topological polar surface area (TPSA) is 93.5 Å². The molecule has 2 aliphatic rings. The number of aromatic nitrogens is 2. The van der Waals surface area contributed by atoms with Crippen molar-refractivity contribution in [2.75, 3.05) is 13.7 Å². The van der Waals surface area contributed by atoms with Crippen LogP contribution in [0.25, 0.3) is 0 Å². The van der Waals surface area contributed by atoms with Crippen molar-refractivity contribution in [3.63, 3.8) is 0 Å². The molecular formula is C23H28N4O4. The van der Waals surface area contributed by atoms with Gasteiger partial charge in [-0.2, -0.15) is 0 Å². The first kappa shape index (κ1) is 21.1. The van der Waals surface area contributed by atoms with Crippen LogP contribution < -0.4 is 5.32 Å². The summed E-state index contributed by atoms with van der Waals surface area (Å²) in [6, 6.07) is 9.97. The fraction of sp³-hybridized carbons (Fsp3) is 0.478. The summed E-state index contributed by atoms with van der Waals surface area (Å²) in [6.07, 6.45) is 6.17. The molecule has 31 heavy (non-hydrogen) atoms. The number of benzene rings is 1. The molecule has 1 aliphatic heterocycles. The fourth-order valence-corrected chi connectivity index (χ4v) is 4.58. The first-order valence-corrected chi connectivity index (χ1v) is 10.7. The Kier molecular flexibility index (Phi) is 5.80. The summed E-state index contributed by atoms with van der Waals surface area (Å²) in [7, 11) is 1.26. The minimum absolute atomic E-state index is 0.0181. The number of nitrogens with one attached hydrogen (secondary N) is 1. The normalized spacial score (nSPS) is 21.1. The van der Waals surface area contributed by atoms with Gasteiger partial charge >= 0.3 is 5.97 Å². The molecule has 2 aromatic rings. The van der Waals surface area contributed by atoms with E-state index in [1.807, 2.05) is 30.3 Å². The minimum atomic E-state index is -1.09. The van der Waals surface area contributed by atoms with Crippen LogP contribution in [-0.2, 0) is 22.5 Å². The number of carbonyl (C=O) groups excluding carboxylic acids is 3. The Morgan fingerprint density at radius 1 is 1.23 bits per heavy atom. The van der Waals surface area contributed by atoms with Crippen molar-refractivity contribution in [2.45, 2.75) is 57.2 Å². The van der Waals surface area contributed by atoms with Gasteiger partial charge in [0.1, 0.15) is 11.2 Å². The molecule has 1 atom stereocenters. The van der Waals surface area contributed by atoms with Gasteiger partial charge < -0.3 is 19.5 Å². The van der Waals surface area contributed by atoms with Gasteiger partial charge in [-0.15, -0.1) is 0 Å². The summed E-state index contributed by atoms with van der Waals surface area (Å²) in [4.78, 5) is 44.8. The summed E-state index contributed by atoms with van der Waals surface area (Å²) in [5.74, 6) is -1.21. The number of ether oxygens (including phenoxy) is 1. The lowest BCUT2D eigenvalue weighted by Crippen LogP contribution is -2.65. The van der Waals surface area contributed by atoms with Crippen molar-refractivity contribution in [3.05, 3.63) is 53.6 Å². The summed E-state index contributed by atoms with van der Waals surface area (Å²) in [5, 5.41) is 3.15. The van der Waals surface area contributed by atoms with Gasteiger partial charge in [-0.25, -0.2) is 9.78 Å². The highest BCUT2D eigenvalue weighted by Crippen LogP contribution is 2.30. The van der Waals surface area contributed by atoms with E-state index in [0.29, 0.717) is 13.0 Å². The number of methoxy groups -OCH3 is 1. The molecule has 0 radical (unpaired) electrons. The van der Waals surface area contributed by atoms with Crippen molar-refractivity contribution < 1.29 is 19.1 Å². The molecule has 2 heterocycles. The zero-order valence-electron chi connectivity index (χ0n) is 18.0. The van der Waals surface area contributed by atoms with Gasteiger partial charge in [0.05, 0.1) is 20.0 Å². The zero-order chi connectivity index (χ0) is 22.0. The van der Waals surface area contributed by atoms with Gasteiger partial charge in [-0.1, -0.05) is 43.2 Å². The average molecular weight is 425 g/mol. The molecule has 1 saturated carbocycles. The highest BCUT2D eigenvalue weighted by molar-refractivity contribution is 6.06. The van der Waals surface area contributed by atoms with E-state index in [9.17, 15) is 14.4 Å². The van der Waals surface area contributed by atoms with Crippen molar-refractivity contribution >= 4 is 17.8 Å². The molecule has 8 nitrogen and oxygen atoms in total. The third-order valence-electron chi connectivity index (χ3n) is 6.38. The van der Waals surface area contributed by atoms with E-state index >= 15 is 0 Å². The van der Waals surface area contributed by atoms with Gasteiger partial charge in [0, 0.05) is 12.6 Å². The quantitative estimate of drug-likeness (QED) is 0.718. The maximum absolute atomic E-state index is 13.6. The third kappa shape index (κ3) is 3.94. The molecule has 0 bridgehead atoms. The van der Waals surface area contributed by atoms with E-state index in [1.165, 1.54) is 13.4 Å². The largest absolute Gasteiger partial charge is 0.464 e. The number of esters is 1. The van der Waals surface area contributed by atoms with Crippen LogP contribution in [-0.4, -0.2) is 57.5 Å². The van der Waals surface area contributed by atoms with E-state index in [-0.39, 0.29) is 35.8 Å². The van der Waals surface area contributed by atoms with E-state index in [4.69, 9.17) is 4.74 Å². The van der Waals surface area contributed by atoms with E-state index in [0.717, 1.165) is 31.2 Å². The summed E-state index contributed by atoms with van der Waals surface area (Å²) in [5.41, 5.74) is 0.137.